The summed E-state index contributed by atoms with van der Waals surface area (Å²) in [5, 5.41) is 3.95. The zero-order valence-electron chi connectivity index (χ0n) is 55.2. The van der Waals surface area contributed by atoms with E-state index in [1.54, 1.807) is 0 Å². The minimum absolute atomic E-state index is 0. The molecule has 0 aliphatic heterocycles. The highest BCUT2D eigenvalue weighted by Gasteiger charge is 2.19. The van der Waals surface area contributed by atoms with Crippen LogP contribution in [0.2, 0.25) is 0 Å². The van der Waals surface area contributed by atoms with Crippen molar-refractivity contribution in [1.82, 2.24) is 14.1 Å². The number of nitrogens with zero attached hydrogens (tertiary/aromatic N) is 2. The van der Waals surface area contributed by atoms with E-state index >= 15 is 0 Å². The molecule has 12 rings (SSSR count). The first kappa shape index (κ1) is 74.8. The molecule has 3 heterocycles. The van der Waals surface area contributed by atoms with E-state index in [4.69, 9.17) is 60.6 Å². The number of benzene rings is 8. The molecule has 92 heavy (non-hydrogen) atoms. The Morgan fingerprint density at radius 3 is 1.17 bits per heavy atom. The highest BCUT2D eigenvalue weighted by molar-refractivity contribution is 6.18. The molecule has 482 valence electrons. The van der Waals surface area contributed by atoms with Crippen molar-refractivity contribution in [2.24, 2.45) is 0 Å². The number of fused-ring (bicyclic) bond motifs is 3. The molecule has 0 amide bonds. The molecule has 11 aromatic rings. The molecule has 0 fully saturated rings. The number of allylic oxidation sites excluding steroid dienone is 6. The Balaban J connectivity index is 0.000000225. The second kappa shape index (κ2) is 39.5. The summed E-state index contributed by atoms with van der Waals surface area (Å²) in [6, 6.07) is 65.5. The Kier molecular flexibility index (Phi) is 32.1. The van der Waals surface area contributed by atoms with Crippen molar-refractivity contribution in [2.45, 2.75) is 109 Å². The first-order valence-corrected chi connectivity index (χ1v) is 33.8. The van der Waals surface area contributed by atoms with E-state index in [2.05, 4.69) is 213 Å². The summed E-state index contributed by atoms with van der Waals surface area (Å²) in [6.07, 6.45) is 11.1. The van der Waals surface area contributed by atoms with Crippen molar-refractivity contribution in [3.63, 3.8) is 0 Å². The summed E-state index contributed by atoms with van der Waals surface area (Å²) >= 11 is 22.5. The van der Waals surface area contributed by atoms with Crippen LogP contribution < -0.4 is 14.2 Å². The summed E-state index contributed by atoms with van der Waals surface area (Å²) in [5.41, 5.74) is 22.6. The number of ether oxygens (including phenoxy) is 3. The molecular weight excluding hydrogens is 1220 g/mol. The number of halogens is 4. The first-order chi connectivity index (χ1) is 44.5. The molecule has 0 spiro atoms. The zero-order valence-corrected chi connectivity index (χ0v) is 58.2. The lowest BCUT2D eigenvalue weighted by molar-refractivity contribution is 0.342. The maximum absolute atomic E-state index is 5.71. The molecule has 3 aromatic heterocycles. The number of alkyl halides is 4. The van der Waals surface area contributed by atoms with Gasteiger partial charge in [-0.3, -0.25) is 0 Å². The predicted molar refractivity (Wildman–Crippen MR) is 403 cm³/mol. The van der Waals surface area contributed by atoms with Gasteiger partial charge in [-0.1, -0.05) is 181 Å². The molecule has 0 bridgehead atoms. The fourth-order valence-electron chi connectivity index (χ4n) is 10.7. The first-order valence-electron chi connectivity index (χ1n) is 31.7. The van der Waals surface area contributed by atoms with Gasteiger partial charge in [0.25, 0.3) is 0 Å². The molecule has 1 aliphatic rings. The Bertz CT molecular complexity index is 3870. The maximum Gasteiger partial charge on any atom is 0.119 e. The van der Waals surface area contributed by atoms with E-state index < -0.39 is 0 Å². The number of aromatic nitrogens is 3. The van der Waals surface area contributed by atoms with Crippen LogP contribution >= 0.6 is 46.4 Å². The summed E-state index contributed by atoms with van der Waals surface area (Å²) in [7, 11) is 0. The molecule has 8 aromatic carbocycles. The van der Waals surface area contributed by atoms with Crippen LogP contribution in [0.15, 0.2) is 212 Å². The third-order valence-corrected chi connectivity index (χ3v) is 15.7. The van der Waals surface area contributed by atoms with Crippen molar-refractivity contribution in [2.75, 3.05) is 37.5 Å². The van der Waals surface area contributed by atoms with Crippen LogP contribution in [0.5, 0.6) is 17.2 Å². The summed E-state index contributed by atoms with van der Waals surface area (Å²) in [6.45, 7) is 28.3. The largest absolute Gasteiger partial charge is 0.492 e. The lowest BCUT2D eigenvalue weighted by Gasteiger charge is -2.13. The van der Waals surface area contributed by atoms with Crippen LogP contribution in [0.1, 0.15) is 105 Å². The van der Waals surface area contributed by atoms with Gasteiger partial charge in [-0.15, -0.1) is 46.4 Å². The standard InChI is InChI=1S/2C25H24ClNO.C16H14N.C9H10Cl2O.3C2H6.CH4/c2*1-18-8-13-24-23(16-18)19(2)25(21-6-4-3-5-7-21)27(24)17-20-9-11-22(12-10-20)28-15-14-26;1-11-8-9-15-14(10-11)12(2)16(17-15)13-6-4-3-5-7-13;10-5-6-12-9-3-1-8(7-11)2-4-9;3*1-2;/h2*3-13,16H,14-15,17H2,1-2H3;4-10,17H,1-2H3;1-4H,5-7H2;3*1-2H3;1H4/q;;+1;;;;;. The average molecular weight is 1310 g/mol. The van der Waals surface area contributed by atoms with E-state index in [1.165, 1.54) is 111 Å². The number of aryl methyl sites for hydroxylation is 6. The van der Waals surface area contributed by atoms with E-state index in [0.717, 1.165) is 35.9 Å². The number of hydrogen-bond donors (Lipinski definition) is 1. The fraction of sp³-hybridized carbons (Fsp3) is 0.268. The number of rotatable bonds is 17. The van der Waals surface area contributed by atoms with Crippen LogP contribution in [-0.2, 0) is 19.0 Å². The third-order valence-electron chi connectivity index (χ3n) is 14.9. The number of aromatic amines is 1. The van der Waals surface area contributed by atoms with Gasteiger partial charge < -0.3 is 28.3 Å². The van der Waals surface area contributed by atoms with Crippen molar-refractivity contribution in [3.8, 4) is 39.8 Å². The normalized spacial score (nSPS) is 10.8. The fourth-order valence-corrected chi connectivity index (χ4v) is 11.1. The Morgan fingerprint density at radius 1 is 0.424 bits per heavy atom. The molecule has 6 nitrogen and oxygen atoms in total. The SMILES string of the molecule is C.CC.CC.CC.Cc1ccc2[nH]c(C3=CC=[C+]C=C3)c(C)c2c1.Cc1ccc2c(c1)c(C)c(-c1ccccc1)n2Cc1ccc(OCCCl)cc1.Cc1ccc2c(c1)c(C)c(-c1ccccc1)n2Cc1ccc(OCCCl)cc1.ClCCOc1ccc(CCl)cc1. The smallest absolute Gasteiger partial charge is 0.119 e. The van der Waals surface area contributed by atoms with Crippen molar-refractivity contribution < 1.29 is 14.2 Å². The Labute approximate surface area is 570 Å². The molecule has 10 heteroatoms. The van der Waals surface area contributed by atoms with Crippen molar-refractivity contribution in [1.29, 1.82) is 0 Å². The zero-order chi connectivity index (χ0) is 65.7. The molecule has 0 unspecified atom stereocenters. The minimum atomic E-state index is 0. The monoisotopic (exact) mass is 1310 g/mol. The average Bonchev–Trinajstić information content (AvgIpc) is 1.66. The van der Waals surface area contributed by atoms with Gasteiger partial charge in [0.1, 0.15) is 54.8 Å². The van der Waals surface area contributed by atoms with Crippen LogP contribution in [0.25, 0.3) is 60.8 Å². The van der Waals surface area contributed by atoms with Gasteiger partial charge in [0.05, 0.1) is 46.9 Å². The molecular formula is C82H94Cl4N3O3+. The molecule has 0 radical (unpaired) electrons. The summed E-state index contributed by atoms with van der Waals surface area (Å²) in [4.78, 5) is 3.49. The van der Waals surface area contributed by atoms with Gasteiger partial charge >= 0.3 is 0 Å². The molecule has 0 atom stereocenters. The van der Waals surface area contributed by atoms with E-state index in [-0.39, 0.29) is 7.43 Å². The lowest BCUT2D eigenvalue weighted by atomic mass is 10.0. The van der Waals surface area contributed by atoms with E-state index in [1.807, 2.05) is 102 Å². The van der Waals surface area contributed by atoms with E-state index in [9.17, 15) is 0 Å². The van der Waals surface area contributed by atoms with Crippen LogP contribution in [0.3, 0.4) is 0 Å². The summed E-state index contributed by atoms with van der Waals surface area (Å²) < 4.78 is 21.3. The van der Waals surface area contributed by atoms with Gasteiger partial charge in [-0.2, -0.15) is 0 Å². The number of H-pyrrole nitrogens is 1. The van der Waals surface area contributed by atoms with Crippen molar-refractivity contribution >= 4 is 84.7 Å². The topological polar surface area (TPSA) is 53.3 Å². The Hall–Kier alpha value is -7.93. The van der Waals surface area contributed by atoms with Gasteiger partial charge in [0.15, 0.2) is 0 Å². The van der Waals surface area contributed by atoms with Crippen LogP contribution in [0, 0.1) is 47.6 Å². The highest BCUT2D eigenvalue weighted by atomic mass is 35.5. The van der Waals surface area contributed by atoms with Gasteiger partial charge in [-0.25, -0.2) is 0 Å². The predicted octanol–water partition coefficient (Wildman–Crippen LogP) is 24.0. The highest BCUT2D eigenvalue weighted by Crippen LogP contribution is 2.37. The third kappa shape index (κ3) is 20.3. The number of nitrogens with one attached hydrogen (secondary N) is 1. The molecule has 1 aliphatic carbocycles. The molecule has 0 saturated carbocycles. The molecule has 1 N–H and O–H groups in total. The maximum atomic E-state index is 5.71. The summed E-state index contributed by atoms with van der Waals surface area (Å²) in [5.74, 6) is 4.60. The van der Waals surface area contributed by atoms with E-state index in [0.29, 0.717) is 43.3 Å². The van der Waals surface area contributed by atoms with Crippen molar-refractivity contribution in [3.05, 3.63) is 274 Å². The number of hydrogen-bond acceptors (Lipinski definition) is 3. The lowest BCUT2D eigenvalue weighted by Crippen LogP contribution is -2.03. The second-order valence-corrected chi connectivity index (χ2v) is 22.4. The quantitative estimate of drug-likeness (QED) is 0.0730. The van der Waals surface area contributed by atoms with Crippen LogP contribution in [-0.4, -0.2) is 51.6 Å². The van der Waals surface area contributed by atoms with Gasteiger partial charge in [0.2, 0.25) is 0 Å². The van der Waals surface area contributed by atoms with Crippen LogP contribution in [0.4, 0.5) is 0 Å². The minimum Gasteiger partial charge on any atom is -0.492 e. The molecule has 0 saturated heterocycles. The van der Waals surface area contributed by atoms with Gasteiger partial charge in [0, 0.05) is 57.8 Å². The van der Waals surface area contributed by atoms with Gasteiger partial charge in [-0.05, 0) is 159 Å². The Morgan fingerprint density at radius 2 is 0.804 bits per heavy atom. The second-order valence-electron chi connectivity index (χ2n) is 21.0.